The molecule has 0 aromatic heterocycles. The number of hydrogen-bond donors (Lipinski definition) is 1. The van der Waals surface area contributed by atoms with Crippen molar-refractivity contribution < 1.29 is 9.84 Å². The highest BCUT2D eigenvalue weighted by atomic mass is 35.5. The van der Waals surface area contributed by atoms with Crippen molar-refractivity contribution in [2.45, 2.75) is 50.1 Å². The van der Waals surface area contributed by atoms with Gasteiger partial charge in [-0.15, -0.1) is 23.2 Å². The monoisotopic (exact) mass is 299 g/mol. The van der Waals surface area contributed by atoms with Crippen LogP contribution in [0.3, 0.4) is 0 Å². The largest absolute Gasteiger partial charge is 0.400 e. The number of aliphatic hydroxyl groups is 1. The smallest absolute Gasteiger partial charge is 0.121 e. The minimum Gasteiger partial charge on any atom is -0.400 e. The van der Waals surface area contributed by atoms with Gasteiger partial charge >= 0.3 is 0 Å². The van der Waals surface area contributed by atoms with Crippen LogP contribution in [0.25, 0.3) is 0 Å². The molecule has 1 N–H and O–H groups in total. The second kappa shape index (κ2) is 10.3. The summed E-state index contributed by atoms with van der Waals surface area (Å²) in [4.78, 5) is 2.46. The lowest BCUT2D eigenvalue weighted by molar-refractivity contribution is -0.106. The number of ether oxygens (including phenoxy) is 1. The first-order valence-electron chi connectivity index (χ1n) is 6.58. The first-order chi connectivity index (χ1) is 8.73. The molecule has 0 radical (unpaired) electrons. The zero-order chi connectivity index (χ0) is 14.0. The molecular formula is C13H27Cl2NO2. The highest BCUT2D eigenvalue weighted by molar-refractivity contribution is 6.20. The summed E-state index contributed by atoms with van der Waals surface area (Å²) >= 11 is 10.7. The van der Waals surface area contributed by atoms with Crippen LogP contribution in [0.1, 0.15) is 39.0 Å². The Morgan fingerprint density at radius 2 is 1.78 bits per heavy atom. The van der Waals surface area contributed by atoms with Crippen molar-refractivity contribution in [1.29, 1.82) is 0 Å². The third-order valence-electron chi connectivity index (χ3n) is 3.42. The molecule has 5 heteroatoms. The van der Waals surface area contributed by atoms with E-state index in [4.69, 9.17) is 21.4 Å². The highest BCUT2D eigenvalue weighted by Crippen LogP contribution is 2.38. The molecule has 3 nitrogen and oxygen atoms in total. The van der Waals surface area contributed by atoms with E-state index in [1.54, 1.807) is 0 Å². The van der Waals surface area contributed by atoms with Crippen LogP contribution < -0.4 is 0 Å². The van der Waals surface area contributed by atoms with Gasteiger partial charge in [0, 0.05) is 32.0 Å². The molecular weight excluding hydrogens is 273 g/mol. The van der Waals surface area contributed by atoms with Gasteiger partial charge in [-0.2, -0.15) is 0 Å². The molecule has 0 aromatic carbocycles. The van der Waals surface area contributed by atoms with Crippen LogP contribution in [-0.4, -0.2) is 54.3 Å². The Morgan fingerprint density at radius 1 is 1.22 bits per heavy atom. The summed E-state index contributed by atoms with van der Waals surface area (Å²) in [5.41, 5.74) is 0.0708. The molecule has 2 fully saturated rings. The molecule has 110 valence electrons. The maximum atomic E-state index is 7.00. The van der Waals surface area contributed by atoms with Crippen LogP contribution in [-0.2, 0) is 4.74 Å². The molecule has 0 amide bonds. The number of hydrogen-bond acceptors (Lipinski definition) is 3. The lowest BCUT2D eigenvalue weighted by Crippen LogP contribution is -2.48. The molecule has 0 bridgehead atoms. The Kier molecular flexibility index (Phi) is 10.5. The van der Waals surface area contributed by atoms with E-state index in [2.05, 4.69) is 23.4 Å². The summed E-state index contributed by atoms with van der Waals surface area (Å²) < 4.78 is 5.96. The van der Waals surface area contributed by atoms with E-state index in [-0.39, 0.29) is 11.1 Å². The van der Waals surface area contributed by atoms with Crippen LogP contribution >= 0.6 is 23.2 Å². The van der Waals surface area contributed by atoms with Crippen LogP contribution in [0.15, 0.2) is 0 Å². The van der Waals surface area contributed by atoms with Gasteiger partial charge in [-0.3, -0.25) is 4.90 Å². The normalized spacial score (nSPS) is 23.7. The van der Waals surface area contributed by atoms with Crippen molar-refractivity contribution >= 4 is 23.2 Å². The Balaban J connectivity index is 0.000000659. The number of rotatable bonds is 2. The average Bonchev–Trinajstić information content (AvgIpc) is 2.77. The lowest BCUT2D eigenvalue weighted by Gasteiger charge is -2.40. The van der Waals surface area contributed by atoms with Crippen molar-refractivity contribution in [3.63, 3.8) is 0 Å². The van der Waals surface area contributed by atoms with Crippen LogP contribution in [0, 0.1) is 0 Å². The standard InChI is InChI=1S/C11H20ClNO.CH3Cl.CH4O/c1-10(12)9-13-7-8-14-11(13)5-3-2-4-6-11;2*1-2/h10H,2-9H2,1H3;1H3;2H,1H3. The fourth-order valence-corrected chi connectivity index (χ4v) is 2.93. The van der Waals surface area contributed by atoms with Gasteiger partial charge in [-0.1, -0.05) is 6.42 Å². The predicted octanol–water partition coefficient (Wildman–Crippen LogP) is 3.07. The van der Waals surface area contributed by atoms with E-state index in [0.717, 1.165) is 26.8 Å². The van der Waals surface area contributed by atoms with Gasteiger partial charge in [0.1, 0.15) is 5.72 Å². The summed E-state index contributed by atoms with van der Waals surface area (Å²) in [6.45, 7) is 5.00. The first kappa shape index (κ1) is 18.5. The summed E-state index contributed by atoms with van der Waals surface area (Å²) in [5, 5.41) is 7.23. The Bertz CT molecular complexity index is 197. The van der Waals surface area contributed by atoms with Crippen molar-refractivity contribution in [2.24, 2.45) is 0 Å². The van der Waals surface area contributed by atoms with Gasteiger partial charge in [-0.05, 0) is 32.6 Å². The molecule has 18 heavy (non-hydrogen) atoms. The number of aliphatic hydroxyl groups excluding tert-OH is 1. The Labute approximate surface area is 121 Å². The molecule has 2 rings (SSSR count). The second-order valence-corrected chi connectivity index (χ2v) is 5.33. The van der Waals surface area contributed by atoms with E-state index in [9.17, 15) is 0 Å². The van der Waals surface area contributed by atoms with Gasteiger partial charge < -0.3 is 9.84 Å². The van der Waals surface area contributed by atoms with Crippen molar-refractivity contribution in [3.8, 4) is 0 Å². The molecule has 0 aromatic rings. The lowest BCUT2D eigenvalue weighted by atomic mass is 9.90. The topological polar surface area (TPSA) is 32.7 Å². The van der Waals surface area contributed by atoms with E-state index < -0.39 is 0 Å². The SMILES string of the molecule is CC(Cl)CN1CCOC12CCCCC2.CCl.CO. The first-order valence-corrected chi connectivity index (χ1v) is 7.78. The maximum Gasteiger partial charge on any atom is 0.121 e. The molecule has 1 aliphatic carbocycles. The van der Waals surface area contributed by atoms with Crippen molar-refractivity contribution in [3.05, 3.63) is 0 Å². The van der Waals surface area contributed by atoms with E-state index in [1.165, 1.54) is 38.5 Å². The molecule has 1 saturated heterocycles. The van der Waals surface area contributed by atoms with Crippen molar-refractivity contribution in [2.75, 3.05) is 33.2 Å². The van der Waals surface area contributed by atoms with Crippen LogP contribution in [0.4, 0.5) is 0 Å². The van der Waals surface area contributed by atoms with Gasteiger partial charge in [0.2, 0.25) is 0 Å². The fraction of sp³-hybridized carbons (Fsp3) is 1.00. The molecule has 1 heterocycles. The van der Waals surface area contributed by atoms with Gasteiger partial charge in [0.25, 0.3) is 0 Å². The van der Waals surface area contributed by atoms with Crippen LogP contribution in [0.2, 0.25) is 0 Å². The second-order valence-electron chi connectivity index (χ2n) is 4.58. The molecule has 2 aliphatic rings. The van der Waals surface area contributed by atoms with Gasteiger partial charge in [-0.25, -0.2) is 0 Å². The molecule has 1 atom stereocenters. The van der Waals surface area contributed by atoms with E-state index in [0.29, 0.717) is 0 Å². The minimum absolute atomic E-state index is 0.0708. The fourth-order valence-electron chi connectivity index (χ4n) is 2.77. The van der Waals surface area contributed by atoms with E-state index >= 15 is 0 Å². The summed E-state index contributed by atoms with van der Waals surface area (Å²) in [6.07, 6.45) is 7.88. The van der Waals surface area contributed by atoms with Gasteiger partial charge in [0.15, 0.2) is 0 Å². The number of alkyl halides is 2. The molecule has 1 spiro atoms. The Hall–Kier alpha value is 0.460. The third-order valence-corrected chi connectivity index (χ3v) is 3.55. The molecule has 1 saturated carbocycles. The van der Waals surface area contributed by atoms with Crippen molar-refractivity contribution in [1.82, 2.24) is 4.90 Å². The Morgan fingerprint density at radius 3 is 2.28 bits per heavy atom. The average molecular weight is 300 g/mol. The minimum atomic E-state index is 0.0708. The predicted molar refractivity (Wildman–Crippen MR) is 78.6 cm³/mol. The quantitative estimate of drug-likeness (QED) is 0.796. The summed E-state index contributed by atoms with van der Waals surface area (Å²) in [6, 6.07) is 0. The van der Waals surface area contributed by atoms with Crippen LogP contribution in [0.5, 0.6) is 0 Å². The van der Waals surface area contributed by atoms with Gasteiger partial charge in [0.05, 0.1) is 6.61 Å². The zero-order valence-corrected chi connectivity index (χ0v) is 13.3. The molecule has 1 unspecified atom stereocenters. The number of nitrogens with zero attached hydrogens (tertiary/aromatic N) is 1. The summed E-state index contributed by atoms with van der Waals surface area (Å²) in [5.74, 6) is 0. The third kappa shape index (κ3) is 5.22. The number of halogens is 2. The molecule has 1 aliphatic heterocycles. The summed E-state index contributed by atoms with van der Waals surface area (Å²) in [7, 11) is 1.00. The van der Waals surface area contributed by atoms with E-state index in [1.807, 2.05) is 0 Å². The zero-order valence-electron chi connectivity index (χ0n) is 11.8. The maximum absolute atomic E-state index is 7.00. The highest BCUT2D eigenvalue weighted by Gasteiger charge is 2.42.